The van der Waals surface area contributed by atoms with Crippen LogP contribution in [0.2, 0.25) is 0 Å². The van der Waals surface area contributed by atoms with Gasteiger partial charge in [-0.15, -0.1) is 0 Å². The van der Waals surface area contributed by atoms with Gasteiger partial charge in [0, 0.05) is 41.5 Å². The molecule has 7 nitrogen and oxygen atoms in total. The molecule has 0 fully saturated rings. The molecule has 4 aromatic heterocycles. The molecule has 0 aromatic carbocycles. The molecule has 0 aliphatic carbocycles. The molecule has 4 rings (SSSR count). The van der Waals surface area contributed by atoms with Gasteiger partial charge in [0.25, 0.3) is 0 Å². The number of nitrogens with zero attached hydrogens (tertiary/aromatic N) is 7. The highest BCUT2D eigenvalue weighted by Gasteiger charge is 2.19. The lowest BCUT2D eigenvalue weighted by Crippen LogP contribution is -2.17. The van der Waals surface area contributed by atoms with Crippen molar-refractivity contribution in [2.24, 2.45) is 5.41 Å². The monoisotopic (exact) mass is 367 g/mol. The summed E-state index contributed by atoms with van der Waals surface area (Å²) in [5, 5.41) is 23.0. The Hall–Kier alpha value is -3.97. The SMILES string of the molecule is CC(C)(C#N)Cn1cc(-c2ccc(C#N)nc2-c2ccn3ccnc3c2)cn1. The zero-order valence-corrected chi connectivity index (χ0v) is 15.5. The van der Waals surface area contributed by atoms with Crippen molar-refractivity contribution in [3.05, 3.63) is 60.9 Å². The molecular weight excluding hydrogens is 350 g/mol. The van der Waals surface area contributed by atoms with Crippen LogP contribution in [0.15, 0.2) is 55.2 Å². The fourth-order valence-corrected chi connectivity index (χ4v) is 3.06. The van der Waals surface area contributed by atoms with Gasteiger partial charge in [0.1, 0.15) is 17.4 Å². The Morgan fingerprint density at radius 2 is 1.96 bits per heavy atom. The third-order valence-corrected chi connectivity index (χ3v) is 4.49. The molecule has 136 valence electrons. The van der Waals surface area contributed by atoms with E-state index in [-0.39, 0.29) is 0 Å². The van der Waals surface area contributed by atoms with E-state index in [1.807, 2.05) is 55.0 Å². The van der Waals surface area contributed by atoms with Crippen molar-refractivity contribution >= 4 is 5.65 Å². The van der Waals surface area contributed by atoms with Crippen molar-refractivity contribution < 1.29 is 0 Å². The van der Waals surface area contributed by atoms with Crippen molar-refractivity contribution in [2.75, 3.05) is 0 Å². The first-order valence-electron chi connectivity index (χ1n) is 8.77. The molecule has 0 N–H and O–H groups in total. The van der Waals surface area contributed by atoms with E-state index in [9.17, 15) is 10.5 Å². The predicted molar refractivity (Wildman–Crippen MR) is 104 cm³/mol. The smallest absolute Gasteiger partial charge is 0.141 e. The summed E-state index contributed by atoms with van der Waals surface area (Å²) in [7, 11) is 0. The Kier molecular flexibility index (Phi) is 4.14. The van der Waals surface area contributed by atoms with Crippen LogP contribution in [0.4, 0.5) is 0 Å². The molecule has 0 radical (unpaired) electrons. The van der Waals surface area contributed by atoms with E-state index in [1.165, 1.54) is 0 Å². The number of hydrogen-bond donors (Lipinski definition) is 0. The molecule has 4 aromatic rings. The van der Waals surface area contributed by atoms with E-state index in [0.29, 0.717) is 17.9 Å². The first kappa shape index (κ1) is 17.4. The molecule has 4 heterocycles. The Morgan fingerprint density at radius 3 is 2.75 bits per heavy atom. The number of pyridine rings is 2. The molecule has 28 heavy (non-hydrogen) atoms. The maximum Gasteiger partial charge on any atom is 0.141 e. The predicted octanol–water partition coefficient (Wildman–Crippen LogP) is 3.68. The number of rotatable bonds is 4. The van der Waals surface area contributed by atoms with Crippen LogP contribution < -0.4 is 0 Å². The Bertz CT molecular complexity index is 1250. The van der Waals surface area contributed by atoms with Gasteiger partial charge < -0.3 is 4.40 Å². The summed E-state index contributed by atoms with van der Waals surface area (Å²) in [5.74, 6) is 0. The van der Waals surface area contributed by atoms with Gasteiger partial charge in [0.15, 0.2) is 0 Å². The van der Waals surface area contributed by atoms with Crippen LogP contribution in [0.1, 0.15) is 19.5 Å². The lowest BCUT2D eigenvalue weighted by molar-refractivity contribution is 0.384. The molecule has 0 saturated carbocycles. The summed E-state index contributed by atoms with van der Waals surface area (Å²) in [5.41, 5.74) is 3.96. The summed E-state index contributed by atoms with van der Waals surface area (Å²) >= 11 is 0. The molecule has 7 heteroatoms. The molecule has 0 amide bonds. The van der Waals surface area contributed by atoms with Gasteiger partial charge in [-0.1, -0.05) is 0 Å². The van der Waals surface area contributed by atoms with Crippen molar-refractivity contribution in [3.63, 3.8) is 0 Å². The average Bonchev–Trinajstić information content (AvgIpc) is 3.35. The van der Waals surface area contributed by atoms with E-state index in [2.05, 4.69) is 27.2 Å². The van der Waals surface area contributed by atoms with Gasteiger partial charge in [-0.05, 0) is 38.1 Å². The number of nitriles is 2. The number of fused-ring (bicyclic) bond motifs is 1. The minimum absolute atomic E-state index is 0.347. The second-order valence-corrected chi connectivity index (χ2v) is 7.23. The lowest BCUT2D eigenvalue weighted by atomic mass is 9.96. The van der Waals surface area contributed by atoms with Crippen LogP contribution in [0, 0.1) is 28.1 Å². The van der Waals surface area contributed by atoms with Crippen LogP contribution in [-0.2, 0) is 6.54 Å². The molecule has 0 aliphatic rings. The Labute approximate surface area is 162 Å². The summed E-state index contributed by atoms with van der Waals surface area (Å²) < 4.78 is 3.68. The normalized spacial score (nSPS) is 11.3. The highest BCUT2D eigenvalue weighted by Crippen LogP contribution is 2.31. The van der Waals surface area contributed by atoms with Gasteiger partial charge >= 0.3 is 0 Å². The van der Waals surface area contributed by atoms with Gasteiger partial charge in [-0.2, -0.15) is 15.6 Å². The van der Waals surface area contributed by atoms with Crippen LogP contribution in [-0.4, -0.2) is 24.1 Å². The lowest BCUT2D eigenvalue weighted by Gasteiger charge is -2.14. The maximum absolute atomic E-state index is 9.29. The van der Waals surface area contributed by atoms with Crippen LogP contribution >= 0.6 is 0 Å². The van der Waals surface area contributed by atoms with Gasteiger partial charge in [-0.25, -0.2) is 9.97 Å². The van der Waals surface area contributed by atoms with Crippen LogP contribution in [0.3, 0.4) is 0 Å². The molecule has 0 saturated heterocycles. The van der Waals surface area contributed by atoms with Crippen molar-refractivity contribution in [3.8, 4) is 34.5 Å². The standard InChI is InChI=1S/C21H17N7/c1-21(2,13-23)14-28-12-16(11-25-28)18-4-3-17(10-22)26-20(18)15-5-7-27-8-6-24-19(27)9-15/h3-9,11-12H,14H2,1-2H3. The van der Waals surface area contributed by atoms with E-state index in [0.717, 1.165) is 22.3 Å². The van der Waals surface area contributed by atoms with E-state index >= 15 is 0 Å². The molecule has 0 bridgehead atoms. The molecule has 0 spiro atoms. The van der Waals surface area contributed by atoms with E-state index < -0.39 is 5.41 Å². The summed E-state index contributed by atoms with van der Waals surface area (Å²) in [6, 6.07) is 11.9. The zero-order chi connectivity index (χ0) is 19.7. The highest BCUT2D eigenvalue weighted by molar-refractivity contribution is 5.81. The van der Waals surface area contributed by atoms with E-state index in [4.69, 9.17) is 0 Å². The summed E-state index contributed by atoms with van der Waals surface area (Å²) in [6.45, 7) is 4.24. The minimum atomic E-state index is -0.513. The third kappa shape index (κ3) is 3.22. The van der Waals surface area contributed by atoms with E-state index in [1.54, 1.807) is 23.1 Å². The molecule has 0 atom stereocenters. The quantitative estimate of drug-likeness (QED) is 0.548. The Balaban J connectivity index is 1.81. The highest BCUT2D eigenvalue weighted by atomic mass is 15.3. The molecular formula is C21H17N7. The third-order valence-electron chi connectivity index (χ3n) is 4.49. The Morgan fingerprint density at radius 1 is 1.11 bits per heavy atom. The second-order valence-electron chi connectivity index (χ2n) is 7.23. The second kappa shape index (κ2) is 6.64. The average molecular weight is 367 g/mol. The van der Waals surface area contributed by atoms with Gasteiger partial charge in [0.2, 0.25) is 0 Å². The first-order valence-corrected chi connectivity index (χ1v) is 8.77. The number of imidazole rings is 1. The number of aromatic nitrogens is 5. The minimum Gasteiger partial charge on any atom is -0.307 e. The van der Waals surface area contributed by atoms with Crippen LogP contribution in [0.25, 0.3) is 28.0 Å². The van der Waals surface area contributed by atoms with Crippen LogP contribution in [0.5, 0.6) is 0 Å². The number of hydrogen-bond acceptors (Lipinski definition) is 5. The fraction of sp³-hybridized carbons (Fsp3) is 0.190. The van der Waals surface area contributed by atoms with Crippen molar-refractivity contribution in [1.29, 1.82) is 10.5 Å². The topological polar surface area (TPSA) is 95.6 Å². The van der Waals surface area contributed by atoms with Gasteiger partial charge in [-0.3, -0.25) is 4.68 Å². The van der Waals surface area contributed by atoms with Crippen molar-refractivity contribution in [1.82, 2.24) is 24.1 Å². The first-order chi connectivity index (χ1) is 13.5. The largest absolute Gasteiger partial charge is 0.307 e. The van der Waals surface area contributed by atoms with Gasteiger partial charge in [0.05, 0.1) is 29.9 Å². The maximum atomic E-state index is 9.29. The zero-order valence-electron chi connectivity index (χ0n) is 15.5. The summed E-state index contributed by atoms with van der Waals surface area (Å²) in [6.07, 6.45) is 9.19. The fourth-order valence-electron chi connectivity index (χ4n) is 3.06. The summed E-state index contributed by atoms with van der Waals surface area (Å²) in [4.78, 5) is 8.87. The molecule has 0 unspecified atom stereocenters. The van der Waals surface area contributed by atoms with Crippen molar-refractivity contribution in [2.45, 2.75) is 20.4 Å². The molecule has 0 aliphatic heterocycles.